The number of carbonyl (C=O) groups excluding carboxylic acids is 2. The van der Waals surface area contributed by atoms with Crippen molar-refractivity contribution in [3.63, 3.8) is 0 Å². The van der Waals surface area contributed by atoms with Gasteiger partial charge in [0.2, 0.25) is 0 Å². The van der Waals surface area contributed by atoms with Gasteiger partial charge in [-0.3, -0.25) is 9.59 Å². The van der Waals surface area contributed by atoms with Gasteiger partial charge in [0.25, 0.3) is 0 Å². The molecule has 1 aromatic rings. The third kappa shape index (κ3) is 14.7. The summed E-state index contributed by atoms with van der Waals surface area (Å²) in [5.74, 6) is 0.327. The quantitative estimate of drug-likeness (QED) is 0.202. The van der Waals surface area contributed by atoms with Gasteiger partial charge in [-0.2, -0.15) is 0 Å². The fourth-order valence-corrected chi connectivity index (χ4v) is 3.54. The van der Waals surface area contributed by atoms with E-state index in [1.54, 1.807) is 0 Å². The van der Waals surface area contributed by atoms with Crippen molar-refractivity contribution in [2.24, 2.45) is 17.8 Å². The molecule has 176 valence electrons. The molecule has 0 amide bonds. The van der Waals surface area contributed by atoms with E-state index < -0.39 is 5.92 Å². The minimum atomic E-state index is -0.494. The Balaban J connectivity index is 2.42. The van der Waals surface area contributed by atoms with Gasteiger partial charge in [0.15, 0.2) is 0 Å². The maximum atomic E-state index is 12.7. The summed E-state index contributed by atoms with van der Waals surface area (Å²) in [7, 11) is 0. The number of hydrogen-bond donors (Lipinski definition) is 0. The third-order valence-corrected chi connectivity index (χ3v) is 5.43. The fourth-order valence-electron chi connectivity index (χ4n) is 3.54. The van der Waals surface area contributed by atoms with Gasteiger partial charge in [-0.05, 0) is 36.7 Å². The van der Waals surface area contributed by atoms with Gasteiger partial charge in [0, 0.05) is 0 Å². The molecule has 0 bridgehead atoms. The lowest BCUT2D eigenvalue weighted by Crippen LogP contribution is -2.24. The largest absolute Gasteiger partial charge is 0.466 e. The minimum Gasteiger partial charge on any atom is -0.466 e. The van der Waals surface area contributed by atoms with E-state index in [2.05, 4.69) is 27.7 Å². The van der Waals surface area contributed by atoms with Crippen molar-refractivity contribution < 1.29 is 19.1 Å². The zero-order valence-electron chi connectivity index (χ0n) is 20.2. The van der Waals surface area contributed by atoms with Crippen LogP contribution >= 0.6 is 0 Å². The van der Waals surface area contributed by atoms with Crippen LogP contribution in [0.15, 0.2) is 30.3 Å². The van der Waals surface area contributed by atoms with Crippen LogP contribution in [0.3, 0.4) is 0 Å². The Labute approximate surface area is 190 Å². The lowest BCUT2D eigenvalue weighted by Gasteiger charge is -2.16. The Morgan fingerprint density at radius 3 is 1.84 bits per heavy atom. The number of hydrogen-bond acceptors (Lipinski definition) is 4. The molecule has 0 fully saturated rings. The van der Waals surface area contributed by atoms with Gasteiger partial charge in [0.1, 0.15) is 0 Å². The first-order valence-electron chi connectivity index (χ1n) is 12.2. The summed E-state index contributed by atoms with van der Waals surface area (Å²) < 4.78 is 10.9. The van der Waals surface area contributed by atoms with Crippen LogP contribution in [0.2, 0.25) is 0 Å². The molecule has 0 aliphatic rings. The molecule has 0 heterocycles. The third-order valence-electron chi connectivity index (χ3n) is 5.43. The number of unbranched alkanes of at least 4 members (excludes halogenated alkanes) is 4. The van der Waals surface area contributed by atoms with Gasteiger partial charge >= 0.3 is 11.9 Å². The molecule has 0 N–H and O–H groups in total. The average Bonchev–Trinajstić information content (AvgIpc) is 2.72. The Morgan fingerprint density at radius 1 is 0.742 bits per heavy atom. The molecular formula is C27H44O4. The predicted octanol–water partition coefficient (Wildman–Crippen LogP) is 6.75. The molecule has 0 aliphatic heterocycles. The highest BCUT2D eigenvalue weighted by Crippen LogP contribution is 2.17. The van der Waals surface area contributed by atoms with Crippen LogP contribution < -0.4 is 0 Å². The highest BCUT2D eigenvalue weighted by atomic mass is 16.5. The summed E-state index contributed by atoms with van der Waals surface area (Å²) in [5, 5.41) is 0. The highest BCUT2D eigenvalue weighted by Gasteiger charge is 2.24. The predicted molar refractivity (Wildman–Crippen MR) is 127 cm³/mol. The number of benzene rings is 1. The molecule has 0 aromatic heterocycles. The molecule has 0 aliphatic carbocycles. The topological polar surface area (TPSA) is 52.6 Å². The second-order valence-corrected chi connectivity index (χ2v) is 9.47. The second-order valence-electron chi connectivity index (χ2n) is 9.47. The first-order chi connectivity index (χ1) is 14.9. The number of ether oxygens (including phenoxy) is 2. The van der Waals surface area contributed by atoms with Crippen molar-refractivity contribution in [1.82, 2.24) is 0 Å². The van der Waals surface area contributed by atoms with Gasteiger partial charge < -0.3 is 9.47 Å². The molecule has 4 nitrogen and oxygen atoms in total. The van der Waals surface area contributed by atoms with Crippen molar-refractivity contribution in [3.05, 3.63) is 35.9 Å². The molecule has 0 spiro atoms. The number of rotatable bonds is 17. The summed E-state index contributed by atoms with van der Waals surface area (Å²) in [6, 6.07) is 9.80. The van der Waals surface area contributed by atoms with Crippen molar-refractivity contribution in [1.29, 1.82) is 0 Å². The Kier molecular flexibility index (Phi) is 14.7. The normalized spacial score (nSPS) is 12.2. The maximum Gasteiger partial charge on any atom is 0.309 e. The molecule has 31 heavy (non-hydrogen) atoms. The number of carbonyl (C=O) groups is 2. The zero-order chi connectivity index (χ0) is 22.9. The van der Waals surface area contributed by atoms with Crippen molar-refractivity contribution in [3.8, 4) is 0 Å². The van der Waals surface area contributed by atoms with Gasteiger partial charge in [-0.15, -0.1) is 0 Å². The molecule has 4 heteroatoms. The first kappa shape index (κ1) is 27.2. The number of esters is 2. The second kappa shape index (κ2) is 16.8. The van der Waals surface area contributed by atoms with E-state index in [1.165, 1.54) is 12.8 Å². The summed E-state index contributed by atoms with van der Waals surface area (Å²) in [6.07, 6.45) is 9.18. The Morgan fingerprint density at radius 2 is 1.29 bits per heavy atom. The van der Waals surface area contributed by atoms with E-state index in [9.17, 15) is 9.59 Å². The summed E-state index contributed by atoms with van der Waals surface area (Å²) in [6.45, 7) is 9.74. The fraction of sp³-hybridized carbons (Fsp3) is 0.704. The van der Waals surface area contributed by atoms with Crippen LogP contribution in [-0.2, 0) is 25.5 Å². The van der Waals surface area contributed by atoms with Gasteiger partial charge in [0.05, 0.1) is 25.6 Å². The summed E-state index contributed by atoms with van der Waals surface area (Å²) in [5.41, 5.74) is 1.03. The van der Waals surface area contributed by atoms with E-state index in [-0.39, 0.29) is 18.4 Å². The van der Waals surface area contributed by atoms with E-state index >= 15 is 0 Å². The van der Waals surface area contributed by atoms with Crippen LogP contribution in [0.4, 0.5) is 0 Å². The van der Waals surface area contributed by atoms with Gasteiger partial charge in [-0.25, -0.2) is 0 Å². The van der Waals surface area contributed by atoms with E-state index in [1.807, 2.05) is 30.3 Å². The average molecular weight is 433 g/mol. The van der Waals surface area contributed by atoms with Crippen molar-refractivity contribution in [2.75, 3.05) is 13.2 Å². The van der Waals surface area contributed by atoms with Crippen LogP contribution in [0.25, 0.3) is 0 Å². The first-order valence-corrected chi connectivity index (χ1v) is 12.2. The molecule has 0 saturated heterocycles. The Hall–Kier alpha value is -1.84. The lowest BCUT2D eigenvalue weighted by molar-refractivity contribution is -0.155. The molecule has 0 saturated carbocycles. The molecular weight excluding hydrogens is 388 g/mol. The van der Waals surface area contributed by atoms with Crippen LogP contribution in [0.5, 0.6) is 0 Å². The smallest absolute Gasteiger partial charge is 0.309 e. The van der Waals surface area contributed by atoms with E-state index in [0.29, 0.717) is 31.5 Å². The van der Waals surface area contributed by atoms with Gasteiger partial charge in [-0.1, -0.05) is 96.6 Å². The summed E-state index contributed by atoms with van der Waals surface area (Å²) in [4.78, 5) is 25.0. The molecule has 1 aromatic carbocycles. The van der Waals surface area contributed by atoms with Crippen LogP contribution in [0, 0.1) is 17.8 Å². The maximum absolute atomic E-state index is 12.7. The Bertz CT molecular complexity index is 595. The SMILES string of the molecule is CC(C)CCCCCOC(=O)CC(Cc1ccccc1)C(=O)OCCCCCC(C)C. The standard InChI is InChI=1S/C27H44O4/c1-22(2)14-8-6-12-18-30-26(28)21-25(20-24-16-10-5-11-17-24)27(29)31-19-13-7-9-15-23(3)4/h5,10-11,16-17,22-23,25H,6-9,12-15,18-21H2,1-4H3. The van der Waals surface area contributed by atoms with E-state index in [4.69, 9.17) is 9.47 Å². The van der Waals surface area contributed by atoms with Crippen molar-refractivity contribution in [2.45, 2.75) is 91.9 Å². The molecule has 1 rings (SSSR count). The van der Waals surface area contributed by atoms with Crippen LogP contribution in [0.1, 0.15) is 91.0 Å². The lowest BCUT2D eigenvalue weighted by atomic mass is 9.96. The molecule has 1 atom stereocenters. The zero-order valence-corrected chi connectivity index (χ0v) is 20.2. The van der Waals surface area contributed by atoms with Crippen molar-refractivity contribution >= 4 is 11.9 Å². The monoisotopic (exact) mass is 432 g/mol. The highest BCUT2D eigenvalue weighted by molar-refractivity contribution is 5.80. The molecule has 0 radical (unpaired) electrons. The van der Waals surface area contributed by atoms with E-state index in [0.717, 1.165) is 44.1 Å². The molecule has 1 unspecified atom stereocenters. The van der Waals surface area contributed by atoms with Crippen LogP contribution in [-0.4, -0.2) is 25.2 Å². The summed E-state index contributed by atoms with van der Waals surface area (Å²) >= 11 is 0. The minimum absolute atomic E-state index is 0.0765.